The summed E-state index contributed by atoms with van der Waals surface area (Å²) < 4.78 is 5.41. The highest BCUT2D eigenvalue weighted by Gasteiger charge is 2.10. The summed E-state index contributed by atoms with van der Waals surface area (Å²) in [5.74, 6) is -0.0758. The second kappa shape index (κ2) is 4.00. The highest BCUT2D eigenvalue weighted by Crippen LogP contribution is 2.22. The standard InChI is InChI=1S/C10H14N2O2/c1-6(2)14-9-5-7(11)3-4-8(9)10(12)13/h3-6H,11H2,1-2H3,(H2,12,13). The Balaban J connectivity index is 3.09. The van der Waals surface area contributed by atoms with Crippen molar-refractivity contribution in [3.05, 3.63) is 23.8 Å². The Morgan fingerprint density at radius 1 is 1.43 bits per heavy atom. The fourth-order valence-electron chi connectivity index (χ4n) is 1.09. The molecular formula is C10H14N2O2. The first-order valence-corrected chi connectivity index (χ1v) is 4.36. The molecule has 0 atom stereocenters. The topological polar surface area (TPSA) is 78.3 Å². The molecule has 0 saturated carbocycles. The maximum Gasteiger partial charge on any atom is 0.252 e. The first kappa shape index (κ1) is 10.4. The van der Waals surface area contributed by atoms with Gasteiger partial charge < -0.3 is 16.2 Å². The fraction of sp³-hybridized carbons (Fsp3) is 0.300. The molecule has 0 radical (unpaired) electrons. The Bertz CT molecular complexity index is 348. The van der Waals surface area contributed by atoms with Gasteiger partial charge in [0, 0.05) is 11.8 Å². The summed E-state index contributed by atoms with van der Waals surface area (Å²) in [5.41, 5.74) is 11.7. The lowest BCUT2D eigenvalue weighted by Crippen LogP contribution is -2.15. The average molecular weight is 194 g/mol. The van der Waals surface area contributed by atoms with Crippen molar-refractivity contribution in [2.24, 2.45) is 5.73 Å². The van der Waals surface area contributed by atoms with Gasteiger partial charge in [-0.05, 0) is 26.0 Å². The van der Waals surface area contributed by atoms with Crippen LogP contribution >= 0.6 is 0 Å². The summed E-state index contributed by atoms with van der Waals surface area (Å²) in [5, 5.41) is 0. The molecule has 4 heteroatoms. The van der Waals surface area contributed by atoms with E-state index in [9.17, 15) is 4.79 Å². The van der Waals surface area contributed by atoms with Crippen molar-refractivity contribution < 1.29 is 9.53 Å². The molecule has 0 heterocycles. The van der Waals surface area contributed by atoms with Crippen molar-refractivity contribution in [3.63, 3.8) is 0 Å². The maximum atomic E-state index is 11.0. The number of benzene rings is 1. The number of ether oxygens (including phenoxy) is 1. The SMILES string of the molecule is CC(C)Oc1cc(N)ccc1C(N)=O. The lowest BCUT2D eigenvalue weighted by molar-refractivity contribution is 0.0994. The molecule has 1 aromatic rings. The minimum atomic E-state index is -0.513. The molecule has 1 amide bonds. The van der Waals surface area contributed by atoms with E-state index in [2.05, 4.69) is 0 Å². The van der Waals surface area contributed by atoms with Crippen LogP contribution in [0, 0.1) is 0 Å². The highest BCUT2D eigenvalue weighted by atomic mass is 16.5. The molecule has 0 aliphatic heterocycles. The predicted octanol–water partition coefficient (Wildman–Crippen LogP) is 1.15. The molecular weight excluding hydrogens is 180 g/mol. The van der Waals surface area contributed by atoms with E-state index in [1.807, 2.05) is 13.8 Å². The van der Waals surface area contributed by atoms with E-state index in [1.165, 1.54) is 0 Å². The summed E-state index contributed by atoms with van der Waals surface area (Å²) >= 11 is 0. The van der Waals surface area contributed by atoms with E-state index < -0.39 is 5.91 Å². The molecule has 0 spiro atoms. The maximum absolute atomic E-state index is 11.0. The molecule has 0 bridgehead atoms. The van der Waals surface area contributed by atoms with Crippen LogP contribution in [0.25, 0.3) is 0 Å². The second-order valence-corrected chi connectivity index (χ2v) is 3.29. The van der Waals surface area contributed by atoms with Gasteiger partial charge in [0.05, 0.1) is 11.7 Å². The fourth-order valence-corrected chi connectivity index (χ4v) is 1.09. The summed E-state index contributed by atoms with van der Waals surface area (Å²) in [4.78, 5) is 11.0. The molecule has 0 fully saturated rings. The van der Waals surface area contributed by atoms with Gasteiger partial charge in [0.1, 0.15) is 5.75 Å². The van der Waals surface area contributed by atoms with Crippen molar-refractivity contribution in [1.82, 2.24) is 0 Å². The van der Waals surface area contributed by atoms with Gasteiger partial charge in [0.15, 0.2) is 0 Å². The van der Waals surface area contributed by atoms with Crippen LogP contribution in [0.4, 0.5) is 5.69 Å². The van der Waals surface area contributed by atoms with Gasteiger partial charge >= 0.3 is 0 Å². The van der Waals surface area contributed by atoms with Crippen molar-refractivity contribution in [2.75, 3.05) is 5.73 Å². The molecule has 1 rings (SSSR count). The number of hydrogen-bond donors (Lipinski definition) is 2. The summed E-state index contributed by atoms with van der Waals surface area (Å²) in [6.45, 7) is 3.74. The van der Waals surface area contributed by atoms with Crippen LogP contribution in [-0.2, 0) is 0 Å². The third-order valence-corrected chi connectivity index (χ3v) is 1.63. The van der Waals surface area contributed by atoms with E-state index in [4.69, 9.17) is 16.2 Å². The van der Waals surface area contributed by atoms with Crippen LogP contribution < -0.4 is 16.2 Å². The van der Waals surface area contributed by atoms with Gasteiger partial charge in [-0.3, -0.25) is 4.79 Å². The molecule has 4 N–H and O–H groups in total. The molecule has 0 aromatic heterocycles. The van der Waals surface area contributed by atoms with Crippen LogP contribution in [0.5, 0.6) is 5.75 Å². The van der Waals surface area contributed by atoms with Crippen LogP contribution in [0.2, 0.25) is 0 Å². The number of carbonyl (C=O) groups is 1. The zero-order valence-corrected chi connectivity index (χ0v) is 8.28. The Kier molecular flexibility index (Phi) is 2.96. The van der Waals surface area contributed by atoms with Gasteiger partial charge in [-0.15, -0.1) is 0 Å². The molecule has 4 nitrogen and oxygen atoms in total. The van der Waals surface area contributed by atoms with Gasteiger partial charge in [-0.1, -0.05) is 0 Å². The van der Waals surface area contributed by atoms with E-state index in [0.717, 1.165) is 0 Å². The highest BCUT2D eigenvalue weighted by molar-refractivity contribution is 5.96. The lowest BCUT2D eigenvalue weighted by Gasteiger charge is -2.12. The number of primary amides is 1. The molecule has 0 unspecified atom stereocenters. The van der Waals surface area contributed by atoms with E-state index in [-0.39, 0.29) is 6.10 Å². The van der Waals surface area contributed by atoms with Crippen molar-refractivity contribution in [1.29, 1.82) is 0 Å². The Hall–Kier alpha value is -1.71. The minimum absolute atomic E-state index is 0.0186. The Labute approximate surface area is 82.8 Å². The third kappa shape index (κ3) is 2.39. The summed E-state index contributed by atoms with van der Waals surface area (Å²) in [6.07, 6.45) is -0.0186. The summed E-state index contributed by atoms with van der Waals surface area (Å²) in [7, 11) is 0. The van der Waals surface area contributed by atoms with Crippen LogP contribution in [0.3, 0.4) is 0 Å². The average Bonchev–Trinajstić information content (AvgIpc) is 2.01. The van der Waals surface area contributed by atoms with E-state index >= 15 is 0 Å². The molecule has 0 saturated heterocycles. The first-order valence-electron chi connectivity index (χ1n) is 4.36. The predicted molar refractivity (Wildman–Crippen MR) is 55.1 cm³/mol. The smallest absolute Gasteiger partial charge is 0.252 e. The molecule has 0 aliphatic carbocycles. The Morgan fingerprint density at radius 2 is 2.07 bits per heavy atom. The normalized spacial score (nSPS) is 10.2. The van der Waals surface area contributed by atoms with E-state index in [1.54, 1.807) is 18.2 Å². The van der Waals surface area contributed by atoms with Crippen molar-refractivity contribution in [2.45, 2.75) is 20.0 Å². The largest absolute Gasteiger partial charge is 0.490 e. The number of nitrogens with two attached hydrogens (primary N) is 2. The molecule has 1 aromatic carbocycles. The van der Waals surface area contributed by atoms with Gasteiger partial charge in [0.2, 0.25) is 0 Å². The number of rotatable bonds is 3. The third-order valence-electron chi connectivity index (χ3n) is 1.63. The number of nitrogen functional groups attached to an aromatic ring is 1. The molecule has 0 aliphatic rings. The number of anilines is 1. The van der Waals surface area contributed by atoms with Gasteiger partial charge in [0.25, 0.3) is 5.91 Å². The first-order chi connectivity index (χ1) is 6.50. The quantitative estimate of drug-likeness (QED) is 0.708. The molecule has 14 heavy (non-hydrogen) atoms. The van der Waals surface area contributed by atoms with Gasteiger partial charge in [-0.2, -0.15) is 0 Å². The van der Waals surface area contributed by atoms with Crippen molar-refractivity contribution in [3.8, 4) is 5.75 Å². The van der Waals surface area contributed by atoms with Crippen LogP contribution in [-0.4, -0.2) is 12.0 Å². The Morgan fingerprint density at radius 3 is 2.57 bits per heavy atom. The number of hydrogen-bond acceptors (Lipinski definition) is 3. The zero-order chi connectivity index (χ0) is 10.7. The lowest BCUT2D eigenvalue weighted by atomic mass is 10.1. The van der Waals surface area contributed by atoms with Gasteiger partial charge in [-0.25, -0.2) is 0 Å². The van der Waals surface area contributed by atoms with E-state index in [0.29, 0.717) is 17.0 Å². The number of carbonyl (C=O) groups excluding carboxylic acids is 1. The van der Waals surface area contributed by atoms with Crippen molar-refractivity contribution >= 4 is 11.6 Å². The monoisotopic (exact) mass is 194 g/mol. The number of amides is 1. The summed E-state index contributed by atoms with van der Waals surface area (Å²) in [6, 6.07) is 4.78. The van der Waals surface area contributed by atoms with Crippen LogP contribution in [0.15, 0.2) is 18.2 Å². The zero-order valence-electron chi connectivity index (χ0n) is 8.28. The molecule has 76 valence electrons. The second-order valence-electron chi connectivity index (χ2n) is 3.29. The van der Waals surface area contributed by atoms with Crippen LogP contribution in [0.1, 0.15) is 24.2 Å². The minimum Gasteiger partial charge on any atom is -0.490 e.